The van der Waals surface area contributed by atoms with E-state index in [1.807, 2.05) is 0 Å². The first-order chi connectivity index (χ1) is 7.58. The van der Waals surface area contributed by atoms with Gasteiger partial charge in [-0.25, -0.2) is 0 Å². The Morgan fingerprint density at radius 1 is 1.50 bits per heavy atom. The molecule has 1 aromatic carbocycles. The van der Waals surface area contributed by atoms with Gasteiger partial charge in [0.15, 0.2) is 5.82 Å². The maximum Gasteiger partial charge on any atom is 0.258 e. The quantitative estimate of drug-likeness (QED) is 0.925. The van der Waals surface area contributed by atoms with Crippen molar-refractivity contribution in [3.05, 3.63) is 33.5 Å². The van der Waals surface area contributed by atoms with Gasteiger partial charge in [-0.15, -0.1) is 0 Å². The van der Waals surface area contributed by atoms with Crippen LogP contribution < -0.4 is 0 Å². The molecule has 0 amide bonds. The summed E-state index contributed by atoms with van der Waals surface area (Å²) in [7, 11) is 0. The Morgan fingerprint density at radius 2 is 2.25 bits per heavy atom. The number of hydrogen-bond donors (Lipinski definition) is 1. The van der Waals surface area contributed by atoms with E-state index in [1.165, 1.54) is 0 Å². The molecule has 0 fully saturated rings. The number of aliphatic hydroxyl groups excluding tert-OH is 1. The molecule has 0 bridgehead atoms. The van der Waals surface area contributed by atoms with Crippen molar-refractivity contribution < 1.29 is 9.63 Å². The second kappa shape index (κ2) is 4.53. The number of aliphatic hydroxyl groups is 1. The molecule has 1 heterocycles. The zero-order chi connectivity index (χ0) is 11.7. The Balaban J connectivity index is 2.39. The molecule has 0 spiro atoms. The van der Waals surface area contributed by atoms with Crippen LogP contribution in [-0.4, -0.2) is 15.2 Å². The number of benzene rings is 1. The monoisotopic (exact) mass is 302 g/mol. The van der Waals surface area contributed by atoms with Crippen molar-refractivity contribution in [1.29, 1.82) is 0 Å². The van der Waals surface area contributed by atoms with Crippen LogP contribution in [0, 0.1) is 0 Å². The van der Waals surface area contributed by atoms with Crippen LogP contribution in [0.1, 0.15) is 18.9 Å². The summed E-state index contributed by atoms with van der Waals surface area (Å²) in [4.78, 5) is 4.05. The van der Waals surface area contributed by atoms with Gasteiger partial charge in [0.05, 0.1) is 5.02 Å². The van der Waals surface area contributed by atoms with Crippen LogP contribution in [0.2, 0.25) is 5.02 Å². The molecule has 1 unspecified atom stereocenters. The van der Waals surface area contributed by atoms with E-state index < -0.39 is 6.10 Å². The lowest BCUT2D eigenvalue weighted by Gasteiger charge is -1.97. The third-order valence-corrected chi connectivity index (χ3v) is 3.21. The zero-order valence-electron chi connectivity index (χ0n) is 8.32. The van der Waals surface area contributed by atoms with Crippen LogP contribution >= 0.6 is 27.5 Å². The first kappa shape index (κ1) is 11.6. The Morgan fingerprint density at radius 3 is 2.81 bits per heavy atom. The molecule has 84 valence electrons. The van der Waals surface area contributed by atoms with Crippen LogP contribution in [-0.2, 0) is 0 Å². The van der Waals surface area contributed by atoms with Crippen molar-refractivity contribution in [2.24, 2.45) is 0 Å². The van der Waals surface area contributed by atoms with Crippen molar-refractivity contribution >= 4 is 27.5 Å². The highest BCUT2D eigenvalue weighted by molar-refractivity contribution is 9.10. The molecular formula is C10H8BrClN2O2. The Bertz CT molecular complexity index is 513. The highest BCUT2D eigenvalue weighted by atomic mass is 79.9. The summed E-state index contributed by atoms with van der Waals surface area (Å²) < 4.78 is 5.81. The van der Waals surface area contributed by atoms with Crippen LogP contribution in [0.4, 0.5) is 0 Å². The number of hydrogen-bond acceptors (Lipinski definition) is 4. The summed E-state index contributed by atoms with van der Waals surface area (Å²) in [5, 5.41) is 13.5. The molecule has 0 saturated carbocycles. The van der Waals surface area contributed by atoms with E-state index in [0.29, 0.717) is 16.5 Å². The fourth-order valence-electron chi connectivity index (χ4n) is 1.15. The molecule has 0 radical (unpaired) electrons. The maximum absolute atomic E-state index is 9.26. The first-order valence-electron chi connectivity index (χ1n) is 4.55. The van der Waals surface area contributed by atoms with Gasteiger partial charge in [0.25, 0.3) is 5.89 Å². The summed E-state index contributed by atoms with van der Waals surface area (Å²) in [6.07, 6.45) is -0.747. The van der Waals surface area contributed by atoms with E-state index in [9.17, 15) is 5.11 Å². The predicted molar refractivity (Wildman–Crippen MR) is 63.1 cm³/mol. The van der Waals surface area contributed by atoms with E-state index in [0.717, 1.165) is 4.47 Å². The van der Waals surface area contributed by atoms with Crippen LogP contribution in [0.5, 0.6) is 0 Å². The molecule has 0 saturated heterocycles. The van der Waals surface area contributed by atoms with Gasteiger partial charge in [-0.2, -0.15) is 4.98 Å². The van der Waals surface area contributed by atoms with Crippen molar-refractivity contribution in [1.82, 2.24) is 10.1 Å². The van der Waals surface area contributed by atoms with Gasteiger partial charge in [-0.05, 0) is 41.1 Å². The second-order valence-electron chi connectivity index (χ2n) is 3.26. The maximum atomic E-state index is 9.26. The van der Waals surface area contributed by atoms with Crippen LogP contribution in [0.3, 0.4) is 0 Å². The highest BCUT2D eigenvalue weighted by Gasteiger charge is 2.13. The van der Waals surface area contributed by atoms with Crippen LogP contribution in [0.15, 0.2) is 27.2 Å². The average Bonchev–Trinajstić information content (AvgIpc) is 2.71. The van der Waals surface area contributed by atoms with Crippen molar-refractivity contribution in [3.63, 3.8) is 0 Å². The zero-order valence-corrected chi connectivity index (χ0v) is 10.7. The van der Waals surface area contributed by atoms with Gasteiger partial charge in [0, 0.05) is 10.0 Å². The Labute approximate surface area is 105 Å². The lowest BCUT2D eigenvalue weighted by molar-refractivity contribution is 0.184. The van der Waals surface area contributed by atoms with Crippen molar-refractivity contribution in [3.8, 4) is 11.5 Å². The smallest absolute Gasteiger partial charge is 0.258 e. The summed E-state index contributed by atoms with van der Waals surface area (Å²) in [6.45, 7) is 1.57. The normalized spacial score (nSPS) is 12.8. The Kier molecular flexibility index (Phi) is 3.28. The van der Waals surface area contributed by atoms with E-state index in [4.69, 9.17) is 16.1 Å². The molecule has 2 aromatic rings. The van der Waals surface area contributed by atoms with E-state index >= 15 is 0 Å². The standard InChI is InChI=1S/C10H8BrClN2O2/c1-5(15)9-13-10(16-14-9)6-2-3-7(11)8(12)4-6/h2-5,15H,1H3. The molecule has 2 rings (SSSR count). The molecule has 1 aromatic heterocycles. The van der Waals surface area contributed by atoms with Gasteiger partial charge in [0.2, 0.25) is 0 Å². The molecule has 4 nitrogen and oxygen atoms in total. The van der Waals surface area contributed by atoms with Gasteiger partial charge in [-0.3, -0.25) is 0 Å². The summed E-state index contributed by atoms with van der Waals surface area (Å²) in [5.41, 5.74) is 0.715. The Hall–Kier alpha value is -0.910. The fourth-order valence-corrected chi connectivity index (χ4v) is 1.58. The minimum atomic E-state index is -0.747. The largest absolute Gasteiger partial charge is 0.385 e. The third kappa shape index (κ3) is 2.26. The molecule has 1 N–H and O–H groups in total. The summed E-state index contributed by atoms with van der Waals surface area (Å²) >= 11 is 9.24. The lowest BCUT2D eigenvalue weighted by Crippen LogP contribution is -1.92. The molecular weight excluding hydrogens is 295 g/mol. The van der Waals surface area contributed by atoms with Gasteiger partial charge in [-0.1, -0.05) is 16.8 Å². The number of aromatic nitrogens is 2. The minimum absolute atomic E-state index is 0.258. The topological polar surface area (TPSA) is 59.2 Å². The predicted octanol–water partition coefficient (Wildman–Crippen LogP) is 3.21. The van der Waals surface area contributed by atoms with E-state index in [2.05, 4.69) is 26.1 Å². The van der Waals surface area contributed by atoms with Crippen LogP contribution in [0.25, 0.3) is 11.5 Å². The molecule has 1 atom stereocenters. The average molecular weight is 304 g/mol. The van der Waals surface area contributed by atoms with Gasteiger partial charge >= 0.3 is 0 Å². The minimum Gasteiger partial charge on any atom is -0.385 e. The van der Waals surface area contributed by atoms with Crippen molar-refractivity contribution in [2.45, 2.75) is 13.0 Å². The number of nitrogens with zero attached hydrogens (tertiary/aromatic N) is 2. The fraction of sp³-hybridized carbons (Fsp3) is 0.200. The van der Waals surface area contributed by atoms with Gasteiger partial charge < -0.3 is 9.63 Å². The second-order valence-corrected chi connectivity index (χ2v) is 4.52. The van der Waals surface area contributed by atoms with E-state index in [-0.39, 0.29) is 5.82 Å². The number of halogens is 2. The van der Waals surface area contributed by atoms with Crippen molar-refractivity contribution in [2.75, 3.05) is 0 Å². The lowest BCUT2D eigenvalue weighted by atomic mass is 10.2. The molecule has 0 aliphatic heterocycles. The molecule has 0 aliphatic rings. The SMILES string of the molecule is CC(O)c1noc(-c2ccc(Br)c(Cl)c2)n1. The van der Waals surface area contributed by atoms with E-state index in [1.54, 1.807) is 25.1 Å². The third-order valence-electron chi connectivity index (χ3n) is 1.98. The summed E-state index contributed by atoms with van der Waals surface area (Å²) in [5.74, 6) is 0.597. The first-order valence-corrected chi connectivity index (χ1v) is 5.72. The molecule has 6 heteroatoms. The summed E-state index contributed by atoms with van der Waals surface area (Å²) in [6, 6.07) is 5.31. The highest BCUT2D eigenvalue weighted by Crippen LogP contribution is 2.28. The molecule has 16 heavy (non-hydrogen) atoms. The van der Waals surface area contributed by atoms with Gasteiger partial charge in [0.1, 0.15) is 6.10 Å². The number of rotatable bonds is 2. The molecule has 0 aliphatic carbocycles.